The van der Waals surface area contributed by atoms with E-state index in [2.05, 4.69) is 10.6 Å². The monoisotopic (exact) mass is 411 g/mol. The van der Waals surface area contributed by atoms with Gasteiger partial charge in [-0.15, -0.1) is 0 Å². The average molecular weight is 412 g/mol. The van der Waals surface area contributed by atoms with Gasteiger partial charge in [-0.2, -0.15) is 0 Å². The minimum atomic E-state index is -0.130. The Labute approximate surface area is 176 Å². The molecular weight excluding hydrogens is 382 g/mol. The van der Waals surface area contributed by atoms with Crippen LogP contribution in [0.15, 0.2) is 47.1 Å². The fourth-order valence-electron chi connectivity index (χ4n) is 3.44. The molecule has 0 unspecified atom stereocenters. The number of carbonyl (C=O) groups excluding carboxylic acids is 3. The van der Waals surface area contributed by atoms with Gasteiger partial charge in [0.15, 0.2) is 5.76 Å². The number of amides is 3. The Bertz CT molecular complexity index is 870. The molecule has 1 aliphatic heterocycles. The summed E-state index contributed by atoms with van der Waals surface area (Å²) in [5.41, 5.74) is 1.66. The molecule has 1 aromatic heterocycles. The largest absolute Gasteiger partial charge is 0.459 e. The molecule has 0 spiro atoms. The summed E-state index contributed by atoms with van der Waals surface area (Å²) in [6.07, 6.45) is 3.53. The molecule has 3 amide bonds. The normalized spacial score (nSPS) is 15.5. The Kier molecular flexibility index (Phi) is 7.27. The molecule has 7 heteroatoms. The van der Waals surface area contributed by atoms with Crippen molar-refractivity contribution in [1.29, 1.82) is 0 Å². The molecule has 160 valence electrons. The number of hydrogen-bond acceptors (Lipinski definition) is 4. The summed E-state index contributed by atoms with van der Waals surface area (Å²) >= 11 is 0. The second kappa shape index (κ2) is 10.1. The van der Waals surface area contributed by atoms with Gasteiger partial charge in [-0.25, -0.2) is 0 Å². The molecule has 1 atom stereocenters. The van der Waals surface area contributed by atoms with E-state index in [-0.39, 0.29) is 29.6 Å². The van der Waals surface area contributed by atoms with Crippen molar-refractivity contribution < 1.29 is 18.8 Å². The zero-order chi connectivity index (χ0) is 21.5. The van der Waals surface area contributed by atoms with Gasteiger partial charge in [0.25, 0.3) is 5.91 Å². The van der Waals surface area contributed by atoms with Gasteiger partial charge in [0.2, 0.25) is 11.8 Å². The van der Waals surface area contributed by atoms with Gasteiger partial charge >= 0.3 is 0 Å². The summed E-state index contributed by atoms with van der Waals surface area (Å²) in [7, 11) is 0. The molecule has 1 aliphatic rings. The van der Waals surface area contributed by atoms with E-state index >= 15 is 0 Å². The Morgan fingerprint density at radius 2 is 1.93 bits per heavy atom. The Hall–Kier alpha value is -3.09. The van der Waals surface area contributed by atoms with E-state index in [1.807, 2.05) is 38.1 Å². The number of piperidine rings is 1. The van der Waals surface area contributed by atoms with E-state index in [1.165, 1.54) is 6.26 Å². The van der Waals surface area contributed by atoms with Crippen molar-refractivity contribution >= 4 is 23.4 Å². The number of benzene rings is 1. The van der Waals surface area contributed by atoms with Crippen LogP contribution in [0.4, 0.5) is 5.69 Å². The van der Waals surface area contributed by atoms with E-state index in [0.29, 0.717) is 38.2 Å². The molecule has 2 aromatic rings. The number of rotatable bonds is 7. The van der Waals surface area contributed by atoms with Gasteiger partial charge in [0.05, 0.1) is 6.26 Å². The fraction of sp³-hybridized carbons (Fsp3) is 0.435. The maximum absolute atomic E-state index is 12.6. The van der Waals surface area contributed by atoms with Crippen LogP contribution in [0.25, 0.3) is 0 Å². The first kappa shape index (κ1) is 21.6. The van der Waals surface area contributed by atoms with Crippen molar-refractivity contribution in [3.05, 3.63) is 54.0 Å². The standard InChI is InChI=1S/C23H29N3O4/c1-3-16(2)21(27)25-19-7-4-6-17(14-19)15-24-22(28)18-9-11-26(12-10-18)23(29)20-8-5-13-30-20/h4-8,13-14,16,18H,3,9-12,15H2,1-2H3,(H,24,28)(H,25,27)/t16-/m1/s1. The van der Waals surface area contributed by atoms with Gasteiger partial charge in [-0.3, -0.25) is 14.4 Å². The van der Waals surface area contributed by atoms with Crippen LogP contribution >= 0.6 is 0 Å². The molecule has 1 fully saturated rings. The molecule has 1 aromatic carbocycles. The van der Waals surface area contributed by atoms with Crippen LogP contribution in [0, 0.1) is 11.8 Å². The van der Waals surface area contributed by atoms with E-state index in [4.69, 9.17) is 4.42 Å². The number of anilines is 1. The first-order chi connectivity index (χ1) is 14.5. The van der Waals surface area contributed by atoms with Crippen LogP contribution < -0.4 is 10.6 Å². The molecule has 2 N–H and O–H groups in total. The Morgan fingerprint density at radius 1 is 1.17 bits per heavy atom. The highest BCUT2D eigenvalue weighted by Crippen LogP contribution is 2.20. The van der Waals surface area contributed by atoms with Crippen molar-refractivity contribution in [2.45, 2.75) is 39.7 Å². The smallest absolute Gasteiger partial charge is 0.289 e. The third kappa shape index (κ3) is 5.49. The molecule has 1 saturated heterocycles. The van der Waals surface area contributed by atoms with Gasteiger partial charge < -0.3 is 20.0 Å². The maximum atomic E-state index is 12.6. The summed E-state index contributed by atoms with van der Waals surface area (Å²) in [4.78, 5) is 38.7. The van der Waals surface area contributed by atoms with E-state index in [0.717, 1.165) is 17.7 Å². The zero-order valence-electron chi connectivity index (χ0n) is 17.5. The minimum absolute atomic E-state index is 0.00505. The van der Waals surface area contributed by atoms with E-state index < -0.39 is 0 Å². The van der Waals surface area contributed by atoms with Gasteiger partial charge in [0, 0.05) is 37.2 Å². The SMILES string of the molecule is CC[C@@H](C)C(=O)Nc1cccc(CNC(=O)C2CCN(C(=O)c3ccco3)CC2)c1. The molecule has 0 saturated carbocycles. The Balaban J connectivity index is 1.46. The lowest BCUT2D eigenvalue weighted by atomic mass is 9.95. The molecule has 7 nitrogen and oxygen atoms in total. The van der Waals surface area contributed by atoms with Crippen LogP contribution in [-0.2, 0) is 16.1 Å². The van der Waals surface area contributed by atoms with Crippen LogP contribution in [0.1, 0.15) is 49.2 Å². The number of hydrogen-bond donors (Lipinski definition) is 2. The van der Waals surface area contributed by atoms with Gasteiger partial charge in [-0.1, -0.05) is 26.0 Å². The van der Waals surface area contributed by atoms with Crippen molar-refractivity contribution in [3.8, 4) is 0 Å². The van der Waals surface area contributed by atoms with Crippen LogP contribution in [0.5, 0.6) is 0 Å². The summed E-state index contributed by atoms with van der Waals surface area (Å²) in [6.45, 7) is 5.35. The third-order valence-corrected chi connectivity index (χ3v) is 5.61. The number of likely N-dealkylation sites (tertiary alicyclic amines) is 1. The average Bonchev–Trinajstić information content (AvgIpc) is 3.31. The van der Waals surface area contributed by atoms with E-state index in [1.54, 1.807) is 17.0 Å². The second-order valence-corrected chi connectivity index (χ2v) is 7.76. The zero-order valence-corrected chi connectivity index (χ0v) is 17.5. The first-order valence-electron chi connectivity index (χ1n) is 10.5. The molecule has 3 rings (SSSR count). The van der Waals surface area contributed by atoms with Crippen molar-refractivity contribution in [3.63, 3.8) is 0 Å². The number of nitrogens with zero attached hydrogens (tertiary/aromatic N) is 1. The number of nitrogens with one attached hydrogen (secondary N) is 2. The molecular formula is C23H29N3O4. The highest BCUT2D eigenvalue weighted by atomic mass is 16.3. The van der Waals surface area contributed by atoms with Crippen LogP contribution in [0.2, 0.25) is 0 Å². The second-order valence-electron chi connectivity index (χ2n) is 7.76. The summed E-state index contributed by atoms with van der Waals surface area (Å²) < 4.78 is 5.17. The lowest BCUT2D eigenvalue weighted by Gasteiger charge is -2.30. The Morgan fingerprint density at radius 3 is 2.60 bits per heavy atom. The number of carbonyl (C=O) groups is 3. The van der Waals surface area contributed by atoms with Crippen LogP contribution in [0.3, 0.4) is 0 Å². The van der Waals surface area contributed by atoms with E-state index in [9.17, 15) is 14.4 Å². The number of furan rings is 1. The molecule has 0 bridgehead atoms. The van der Waals surface area contributed by atoms with Gasteiger partial charge in [0.1, 0.15) is 0 Å². The van der Waals surface area contributed by atoms with Crippen molar-refractivity contribution in [2.75, 3.05) is 18.4 Å². The molecule has 30 heavy (non-hydrogen) atoms. The highest BCUT2D eigenvalue weighted by Gasteiger charge is 2.28. The topological polar surface area (TPSA) is 91.7 Å². The lowest BCUT2D eigenvalue weighted by molar-refractivity contribution is -0.126. The summed E-state index contributed by atoms with van der Waals surface area (Å²) in [5, 5.41) is 5.90. The predicted octanol–water partition coefficient (Wildman–Crippen LogP) is 3.43. The molecule has 2 heterocycles. The highest BCUT2D eigenvalue weighted by molar-refractivity contribution is 5.92. The molecule has 0 radical (unpaired) electrons. The lowest BCUT2D eigenvalue weighted by Crippen LogP contribution is -2.42. The quantitative estimate of drug-likeness (QED) is 0.730. The van der Waals surface area contributed by atoms with Crippen molar-refractivity contribution in [1.82, 2.24) is 10.2 Å². The maximum Gasteiger partial charge on any atom is 0.289 e. The minimum Gasteiger partial charge on any atom is -0.459 e. The first-order valence-corrected chi connectivity index (χ1v) is 10.5. The predicted molar refractivity (Wildman–Crippen MR) is 114 cm³/mol. The third-order valence-electron chi connectivity index (χ3n) is 5.61. The van der Waals surface area contributed by atoms with Gasteiger partial charge in [-0.05, 0) is 49.1 Å². The summed E-state index contributed by atoms with van der Waals surface area (Å²) in [6, 6.07) is 10.9. The summed E-state index contributed by atoms with van der Waals surface area (Å²) in [5.74, 6) is 0.0369. The molecule has 0 aliphatic carbocycles. The van der Waals surface area contributed by atoms with Crippen LogP contribution in [-0.4, -0.2) is 35.7 Å². The fourth-order valence-corrected chi connectivity index (χ4v) is 3.44. The van der Waals surface area contributed by atoms with Crippen molar-refractivity contribution in [2.24, 2.45) is 11.8 Å².